The van der Waals surface area contributed by atoms with E-state index in [1.807, 2.05) is 6.92 Å². The summed E-state index contributed by atoms with van der Waals surface area (Å²) in [4.78, 5) is 50.5. The van der Waals surface area contributed by atoms with Gasteiger partial charge in [0.2, 0.25) is 17.7 Å². The highest BCUT2D eigenvalue weighted by Crippen LogP contribution is 2.32. The molecule has 2 aliphatic heterocycles. The van der Waals surface area contributed by atoms with E-state index < -0.39 is 11.9 Å². The molecule has 12 heteroatoms. The van der Waals surface area contributed by atoms with Crippen LogP contribution in [0.1, 0.15) is 42.1 Å². The number of carbonyl (C=O) groups excluding carboxylic acids is 4. The zero-order valence-corrected chi connectivity index (χ0v) is 21.9. The van der Waals surface area contributed by atoms with Gasteiger partial charge in [-0.05, 0) is 25.5 Å². The maximum atomic E-state index is 12.9. The third-order valence-corrected chi connectivity index (χ3v) is 6.13. The average Bonchev–Trinajstić information content (AvgIpc) is 3.23. The smallest absolute Gasteiger partial charge is 0.255 e. The molecule has 4 amide bonds. The Hall–Kier alpha value is -2.90. The van der Waals surface area contributed by atoms with Crippen LogP contribution in [0.5, 0.6) is 0 Å². The second kappa shape index (κ2) is 16.1. The van der Waals surface area contributed by atoms with E-state index in [-0.39, 0.29) is 37.1 Å². The van der Waals surface area contributed by atoms with Crippen LogP contribution in [0.15, 0.2) is 18.2 Å². The van der Waals surface area contributed by atoms with Gasteiger partial charge in [-0.25, -0.2) is 0 Å². The molecule has 0 saturated carbocycles. The minimum Gasteiger partial charge on any atom is -0.379 e. The van der Waals surface area contributed by atoms with E-state index in [1.165, 1.54) is 4.90 Å². The first kappa shape index (κ1) is 29.7. The van der Waals surface area contributed by atoms with Gasteiger partial charge in [-0.1, -0.05) is 6.07 Å². The molecule has 0 bridgehead atoms. The number of fused-ring (bicyclic) bond motifs is 1. The van der Waals surface area contributed by atoms with E-state index in [9.17, 15) is 19.2 Å². The minimum absolute atomic E-state index is 0.185. The zero-order chi connectivity index (χ0) is 27.2. The fourth-order valence-electron chi connectivity index (χ4n) is 4.19. The molecular weight excluding hydrogens is 496 g/mol. The highest BCUT2D eigenvalue weighted by molar-refractivity contribution is 6.06. The second-order valence-corrected chi connectivity index (χ2v) is 8.81. The summed E-state index contributed by atoms with van der Waals surface area (Å²) in [5.74, 6) is -1.25. The van der Waals surface area contributed by atoms with Gasteiger partial charge in [0.25, 0.3) is 5.91 Å². The number of amides is 4. The lowest BCUT2D eigenvalue weighted by atomic mass is 10.0. The number of rotatable bonds is 18. The number of anilines is 1. The van der Waals surface area contributed by atoms with Crippen LogP contribution < -0.4 is 16.0 Å². The number of benzene rings is 1. The van der Waals surface area contributed by atoms with Crippen molar-refractivity contribution >= 4 is 29.3 Å². The van der Waals surface area contributed by atoms with Crippen molar-refractivity contribution in [3.63, 3.8) is 0 Å². The van der Waals surface area contributed by atoms with Crippen molar-refractivity contribution in [2.45, 2.75) is 38.8 Å². The maximum Gasteiger partial charge on any atom is 0.255 e. The molecule has 0 radical (unpaired) electrons. The number of nitrogens with one attached hydrogen (secondary N) is 3. The molecule has 1 aromatic carbocycles. The molecule has 1 fully saturated rings. The fraction of sp³-hybridized carbons (Fsp3) is 0.615. The number of nitrogens with zero attached hydrogens (tertiary/aromatic N) is 1. The monoisotopic (exact) mass is 534 g/mol. The molecule has 0 spiro atoms. The van der Waals surface area contributed by atoms with E-state index >= 15 is 0 Å². The predicted molar refractivity (Wildman–Crippen MR) is 138 cm³/mol. The summed E-state index contributed by atoms with van der Waals surface area (Å²) in [6.07, 6.45) is 0.733. The molecule has 0 aliphatic carbocycles. The van der Waals surface area contributed by atoms with Gasteiger partial charge in [0, 0.05) is 55.9 Å². The molecule has 1 atom stereocenters. The summed E-state index contributed by atoms with van der Waals surface area (Å²) in [6, 6.07) is 4.44. The Labute approximate surface area is 222 Å². The Balaban J connectivity index is 1.27. The highest BCUT2D eigenvalue weighted by Gasteiger charge is 2.39. The summed E-state index contributed by atoms with van der Waals surface area (Å²) < 4.78 is 21.4. The molecule has 3 rings (SSSR count). The molecule has 210 valence electrons. The summed E-state index contributed by atoms with van der Waals surface area (Å²) in [5, 5.41) is 8.33. The standard InChI is InChI=1S/C26H38N4O8/c1-2-35-12-13-37-16-17-38-15-14-36-11-10-27-9-8-24(32)28-21-5-3-4-19-20(21)18-30(26(19)34)22-6-7-23(31)29-25(22)33/h3-5,22,27H,2,6-18H2,1H3,(H,28,32)(H,29,31,33). The molecule has 1 unspecified atom stereocenters. The van der Waals surface area contributed by atoms with E-state index in [1.54, 1.807) is 18.2 Å². The molecule has 38 heavy (non-hydrogen) atoms. The van der Waals surface area contributed by atoms with Crippen molar-refractivity contribution in [2.24, 2.45) is 0 Å². The van der Waals surface area contributed by atoms with Gasteiger partial charge < -0.3 is 34.5 Å². The van der Waals surface area contributed by atoms with Crippen molar-refractivity contribution in [1.82, 2.24) is 15.5 Å². The minimum atomic E-state index is -0.695. The van der Waals surface area contributed by atoms with Crippen LogP contribution in [0, 0.1) is 0 Å². The zero-order valence-electron chi connectivity index (χ0n) is 21.9. The number of piperidine rings is 1. The fourth-order valence-corrected chi connectivity index (χ4v) is 4.19. The summed E-state index contributed by atoms with van der Waals surface area (Å²) in [7, 11) is 0. The van der Waals surface area contributed by atoms with Crippen LogP contribution in [0.3, 0.4) is 0 Å². The van der Waals surface area contributed by atoms with Crippen LogP contribution in [-0.2, 0) is 39.9 Å². The lowest BCUT2D eigenvalue weighted by molar-refractivity contribution is -0.137. The van der Waals surface area contributed by atoms with Crippen LogP contribution in [-0.4, -0.2) is 101 Å². The molecular formula is C26H38N4O8. The molecule has 1 aromatic rings. The summed E-state index contributed by atoms with van der Waals surface area (Å²) >= 11 is 0. The quantitative estimate of drug-likeness (QED) is 0.181. The first-order valence-electron chi connectivity index (χ1n) is 13.1. The van der Waals surface area contributed by atoms with Gasteiger partial charge >= 0.3 is 0 Å². The Morgan fingerprint density at radius 1 is 0.974 bits per heavy atom. The van der Waals surface area contributed by atoms with E-state index in [0.29, 0.717) is 89.2 Å². The van der Waals surface area contributed by atoms with Gasteiger partial charge in [-0.2, -0.15) is 0 Å². The largest absolute Gasteiger partial charge is 0.379 e. The highest BCUT2D eigenvalue weighted by atomic mass is 16.6. The SMILES string of the molecule is CCOCCOCCOCCOCCNCCC(=O)Nc1cccc2c1CN(C1CCC(=O)NC1=O)C2=O. The van der Waals surface area contributed by atoms with Crippen molar-refractivity contribution in [2.75, 3.05) is 71.3 Å². The molecule has 0 aromatic heterocycles. The van der Waals surface area contributed by atoms with Crippen molar-refractivity contribution in [3.8, 4) is 0 Å². The topological polar surface area (TPSA) is 145 Å². The molecule has 2 aliphatic rings. The molecule has 2 heterocycles. The Kier molecular flexibility index (Phi) is 12.6. The van der Waals surface area contributed by atoms with E-state index in [2.05, 4.69) is 16.0 Å². The summed E-state index contributed by atoms with van der Waals surface area (Å²) in [6.45, 7) is 7.57. The van der Waals surface area contributed by atoms with Crippen molar-refractivity contribution < 1.29 is 38.1 Å². The number of hydrogen-bond acceptors (Lipinski definition) is 9. The average molecular weight is 535 g/mol. The van der Waals surface area contributed by atoms with Crippen LogP contribution in [0.4, 0.5) is 5.69 Å². The third-order valence-electron chi connectivity index (χ3n) is 6.13. The predicted octanol–water partition coefficient (Wildman–Crippen LogP) is 0.452. The van der Waals surface area contributed by atoms with Gasteiger partial charge in [-0.3, -0.25) is 24.5 Å². The van der Waals surface area contributed by atoms with E-state index in [4.69, 9.17) is 18.9 Å². The summed E-state index contributed by atoms with van der Waals surface area (Å²) in [5.41, 5.74) is 1.69. The second-order valence-electron chi connectivity index (χ2n) is 8.81. The third kappa shape index (κ3) is 9.14. The van der Waals surface area contributed by atoms with Crippen molar-refractivity contribution in [3.05, 3.63) is 29.3 Å². The van der Waals surface area contributed by atoms with Gasteiger partial charge in [-0.15, -0.1) is 0 Å². The number of hydrogen-bond donors (Lipinski definition) is 3. The van der Waals surface area contributed by atoms with Crippen LogP contribution >= 0.6 is 0 Å². The lowest BCUT2D eigenvalue weighted by Crippen LogP contribution is -2.52. The molecule has 1 saturated heterocycles. The van der Waals surface area contributed by atoms with E-state index in [0.717, 1.165) is 0 Å². The first-order chi connectivity index (χ1) is 18.5. The van der Waals surface area contributed by atoms with Gasteiger partial charge in [0.15, 0.2) is 0 Å². The van der Waals surface area contributed by atoms with Crippen LogP contribution in [0.25, 0.3) is 0 Å². The Morgan fingerprint density at radius 2 is 1.66 bits per heavy atom. The Bertz CT molecular complexity index is 957. The van der Waals surface area contributed by atoms with Crippen LogP contribution in [0.2, 0.25) is 0 Å². The normalized spacial score (nSPS) is 17.0. The van der Waals surface area contributed by atoms with Crippen molar-refractivity contribution in [1.29, 1.82) is 0 Å². The lowest BCUT2D eigenvalue weighted by Gasteiger charge is -2.29. The number of imide groups is 1. The molecule has 12 nitrogen and oxygen atoms in total. The van der Waals surface area contributed by atoms with Gasteiger partial charge in [0.1, 0.15) is 6.04 Å². The van der Waals surface area contributed by atoms with Gasteiger partial charge in [0.05, 0.1) is 46.2 Å². The number of ether oxygens (including phenoxy) is 4. The maximum absolute atomic E-state index is 12.9. The first-order valence-corrected chi connectivity index (χ1v) is 13.1. The Morgan fingerprint density at radius 3 is 2.34 bits per heavy atom. The number of carbonyl (C=O) groups is 4. The molecule has 3 N–H and O–H groups in total.